The number of carbonyl (C=O) groups excluding carboxylic acids is 4. The second kappa shape index (κ2) is 24.0. The molecule has 1 unspecified atom stereocenters. The van der Waals surface area contributed by atoms with Gasteiger partial charge in [0.25, 0.3) is 0 Å². The molecular weight excluding hydrogens is 464 g/mol. The number of rotatable bonds is 13. The molecule has 0 rings (SSSR count). The Bertz CT molecular complexity index is 665. The lowest BCUT2D eigenvalue weighted by atomic mass is 9.79. The standard InChI is InChI=1S/C12H24N2O3.C9H17NO2.C3H5NO.2CH4/c1-6-14(5)7-8-17-11(16)12(3,4)9(2)10(13)15;1-5-10(4)6-7-12-9(11)8(2)3;1-2-3(4)5;;/h9H,6-8H2,1-5H3,(H2,13,15);2,5-7H2,1,3-4H3;2H,1H2,(H2,4,5);2*1H4. The molecule has 0 aromatic heterocycles. The van der Waals surface area contributed by atoms with Crippen LogP contribution in [0.1, 0.15) is 56.4 Å². The third-order valence-corrected chi connectivity index (χ3v) is 5.08. The van der Waals surface area contributed by atoms with Crippen molar-refractivity contribution in [1.82, 2.24) is 9.80 Å². The molecule has 2 amide bonds. The fourth-order valence-electron chi connectivity index (χ4n) is 1.75. The third-order valence-electron chi connectivity index (χ3n) is 5.08. The predicted molar refractivity (Wildman–Crippen MR) is 148 cm³/mol. The topological polar surface area (TPSA) is 145 Å². The zero-order chi connectivity index (χ0) is 27.5. The zero-order valence-electron chi connectivity index (χ0n) is 22.3. The van der Waals surface area contributed by atoms with Gasteiger partial charge in [0.2, 0.25) is 11.8 Å². The van der Waals surface area contributed by atoms with Crippen LogP contribution in [0, 0.1) is 11.3 Å². The Balaban J connectivity index is -0.000000148. The molecule has 0 aliphatic heterocycles. The Labute approximate surface area is 220 Å². The summed E-state index contributed by atoms with van der Waals surface area (Å²) < 4.78 is 10.1. The monoisotopic (exact) mass is 518 g/mol. The van der Waals surface area contributed by atoms with Crippen molar-refractivity contribution in [3.8, 4) is 0 Å². The highest BCUT2D eigenvalue weighted by atomic mass is 16.5. The summed E-state index contributed by atoms with van der Waals surface area (Å²) in [6, 6.07) is 0. The fraction of sp³-hybridized carbons (Fsp3) is 0.692. The van der Waals surface area contributed by atoms with Crippen molar-refractivity contribution in [3.63, 3.8) is 0 Å². The van der Waals surface area contributed by atoms with E-state index in [0.29, 0.717) is 25.3 Å². The molecule has 0 spiro atoms. The molecule has 214 valence electrons. The summed E-state index contributed by atoms with van der Waals surface area (Å²) in [5, 5.41) is 0. The number of primary amides is 2. The van der Waals surface area contributed by atoms with Gasteiger partial charge in [-0.05, 0) is 54.0 Å². The van der Waals surface area contributed by atoms with Gasteiger partial charge in [0.05, 0.1) is 11.3 Å². The van der Waals surface area contributed by atoms with Gasteiger partial charge in [-0.3, -0.25) is 14.4 Å². The van der Waals surface area contributed by atoms with E-state index in [2.05, 4.69) is 30.7 Å². The number of hydrogen-bond acceptors (Lipinski definition) is 8. The molecule has 0 bridgehead atoms. The number of amides is 2. The largest absolute Gasteiger partial charge is 0.464 e. The van der Waals surface area contributed by atoms with E-state index in [1.165, 1.54) is 0 Å². The number of ether oxygens (including phenoxy) is 2. The first-order valence-corrected chi connectivity index (χ1v) is 11.2. The second-order valence-corrected chi connectivity index (χ2v) is 8.30. The van der Waals surface area contributed by atoms with Crippen molar-refractivity contribution in [2.75, 3.05) is 53.5 Å². The molecule has 0 radical (unpaired) electrons. The van der Waals surface area contributed by atoms with Crippen LogP contribution in [0.3, 0.4) is 0 Å². The maximum Gasteiger partial charge on any atom is 0.333 e. The van der Waals surface area contributed by atoms with E-state index < -0.39 is 23.1 Å². The number of carbonyl (C=O) groups is 4. The van der Waals surface area contributed by atoms with Crippen LogP contribution in [-0.4, -0.2) is 87.0 Å². The van der Waals surface area contributed by atoms with Crippen LogP contribution in [0.5, 0.6) is 0 Å². The van der Waals surface area contributed by atoms with E-state index >= 15 is 0 Å². The quantitative estimate of drug-likeness (QED) is 0.279. The number of nitrogens with two attached hydrogens (primary N) is 2. The van der Waals surface area contributed by atoms with Crippen molar-refractivity contribution >= 4 is 23.8 Å². The Kier molecular flexibility index (Phi) is 28.9. The molecule has 10 heteroatoms. The van der Waals surface area contributed by atoms with Crippen LogP contribution in [0.25, 0.3) is 0 Å². The molecule has 0 saturated carbocycles. The van der Waals surface area contributed by atoms with Crippen molar-refractivity contribution in [2.45, 2.75) is 56.4 Å². The Morgan fingerprint density at radius 1 is 0.944 bits per heavy atom. The van der Waals surface area contributed by atoms with Gasteiger partial charge in [-0.2, -0.15) is 0 Å². The summed E-state index contributed by atoms with van der Waals surface area (Å²) >= 11 is 0. The Hall–Kier alpha value is -2.72. The number of esters is 2. The molecule has 0 aliphatic carbocycles. The molecule has 0 heterocycles. The molecular formula is C26H54N4O6. The van der Waals surface area contributed by atoms with E-state index in [1.54, 1.807) is 27.7 Å². The van der Waals surface area contributed by atoms with Crippen molar-refractivity contribution in [3.05, 3.63) is 24.8 Å². The molecule has 10 nitrogen and oxygen atoms in total. The third kappa shape index (κ3) is 23.0. The van der Waals surface area contributed by atoms with Gasteiger partial charge in [0.1, 0.15) is 13.2 Å². The summed E-state index contributed by atoms with van der Waals surface area (Å²) in [5.74, 6) is -2.20. The molecule has 0 saturated heterocycles. The van der Waals surface area contributed by atoms with Crippen molar-refractivity contribution in [2.24, 2.45) is 22.8 Å². The number of nitrogens with zero attached hydrogens (tertiary/aromatic N) is 2. The lowest BCUT2D eigenvalue weighted by Gasteiger charge is -2.27. The lowest BCUT2D eigenvalue weighted by molar-refractivity contribution is -0.159. The minimum Gasteiger partial charge on any atom is -0.464 e. The maximum atomic E-state index is 11.8. The molecule has 1 atom stereocenters. The highest BCUT2D eigenvalue weighted by Gasteiger charge is 2.38. The summed E-state index contributed by atoms with van der Waals surface area (Å²) in [5.41, 5.74) is 9.31. The lowest BCUT2D eigenvalue weighted by Crippen LogP contribution is -2.41. The fourth-order valence-corrected chi connectivity index (χ4v) is 1.75. The van der Waals surface area contributed by atoms with E-state index in [9.17, 15) is 19.2 Å². The molecule has 0 aromatic carbocycles. The first kappa shape index (κ1) is 43.4. The van der Waals surface area contributed by atoms with Gasteiger partial charge < -0.3 is 30.7 Å². The van der Waals surface area contributed by atoms with Crippen LogP contribution < -0.4 is 11.5 Å². The molecule has 4 N–H and O–H groups in total. The molecule has 0 aliphatic rings. The van der Waals surface area contributed by atoms with Crippen LogP contribution in [0.15, 0.2) is 24.8 Å². The highest BCUT2D eigenvalue weighted by molar-refractivity contribution is 5.87. The van der Waals surface area contributed by atoms with Crippen LogP contribution in [0.4, 0.5) is 0 Å². The summed E-state index contributed by atoms with van der Waals surface area (Å²) in [6.45, 7) is 21.4. The minimum absolute atomic E-state index is 0. The van der Waals surface area contributed by atoms with E-state index in [1.807, 2.05) is 25.9 Å². The predicted octanol–water partition coefficient (Wildman–Crippen LogP) is 2.62. The van der Waals surface area contributed by atoms with E-state index in [0.717, 1.165) is 25.7 Å². The first-order valence-electron chi connectivity index (χ1n) is 11.2. The van der Waals surface area contributed by atoms with Gasteiger partial charge in [-0.1, -0.05) is 48.8 Å². The first-order chi connectivity index (χ1) is 15.6. The summed E-state index contributed by atoms with van der Waals surface area (Å²) in [4.78, 5) is 47.4. The average Bonchev–Trinajstić information content (AvgIpc) is 2.78. The normalized spacial score (nSPS) is 10.6. The van der Waals surface area contributed by atoms with Gasteiger partial charge in [0.15, 0.2) is 0 Å². The van der Waals surface area contributed by atoms with Crippen LogP contribution in [-0.2, 0) is 28.7 Å². The molecule has 0 aromatic rings. The minimum atomic E-state index is -0.878. The van der Waals surface area contributed by atoms with Crippen LogP contribution in [0.2, 0.25) is 0 Å². The smallest absolute Gasteiger partial charge is 0.333 e. The van der Waals surface area contributed by atoms with Gasteiger partial charge in [-0.25, -0.2) is 4.79 Å². The Morgan fingerprint density at radius 3 is 1.58 bits per heavy atom. The number of likely N-dealkylation sites (N-methyl/N-ethyl adjacent to an activating group) is 2. The SMILES string of the molecule is C.C.C=C(C)C(=O)OCCN(C)CC.C=CC(N)=O.CCN(C)CCOC(=O)C(C)(C)C(C)C(N)=O. The average molecular weight is 519 g/mol. The highest BCUT2D eigenvalue weighted by Crippen LogP contribution is 2.27. The van der Waals surface area contributed by atoms with Crippen molar-refractivity contribution in [1.29, 1.82) is 0 Å². The summed E-state index contributed by atoms with van der Waals surface area (Å²) in [6.07, 6.45) is 1.06. The van der Waals surface area contributed by atoms with Crippen LogP contribution >= 0.6 is 0 Å². The summed E-state index contributed by atoms with van der Waals surface area (Å²) in [7, 11) is 3.93. The van der Waals surface area contributed by atoms with Gasteiger partial charge in [-0.15, -0.1) is 0 Å². The Morgan fingerprint density at radius 2 is 1.31 bits per heavy atom. The van der Waals surface area contributed by atoms with Gasteiger partial charge in [0, 0.05) is 18.7 Å². The van der Waals surface area contributed by atoms with E-state index in [4.69, 9.17) is 15.2 Å². The molecule has 36 heavy (non-hydrogen) atoms. The zero-order valence-corrected chi connectivity index (χ0v) is 22.3. The van der Waals surface area contributed by atoms with E-state index in [-0.39, 0.29) is 26.8 Å². The molecule has 0 fully saturated rings. The second-order valence-electron chi connectivity index (χ2n) is 8.30. The van der Waals surface area contributed by atoms with Crippen molar-refractivity contribution < 1.29 is 28.7 Å². The maximum absolute atomic E-state index is 11.8. The van der Waals surface area contributed by atoms with Gasteiger partial charge >= 0.3 is 11.9 Å². The number of hydrogen-bond donors (Lipinski definition) is 2.